The van der Waals surface area contributed by atoms with Crippen molar-refractivity contribution in [2.75, 3.05) is 19.0 Å². The fourth-order valence-electron chi connectivity index (χ4n) is 4.31. The quantitative estimate of drug-likeness (QED) is 0.179. The highest BCUT2D eigenvalue weighted by atomic mass is 32.2. The van der Waals surface area contributed by atoms with Crippen LogP contribution in [-0.4, -0.2) is 45.5 Å². The average molecular weight is 593 g/mol. The number of hydrogen-bond donors (Lipinski definition) is 1. The largest absolute Gasteiger partial charge is 0.493 e. The van der Waals surface area contributed by atoms with Crippen LogP contribution in [0, 0.1) is 41.0 Å². The summed E-state index contributed by atoms with van der Waals surface area (Å²) in [5.41, 5.74) is 2.76. The number of imide groups is 1. The summed E-state index contributed by atoms with van der Waals surface area (Å²) >= 11 is 0.679. The van der Waals surface area contributed by atoms with Gasteiger partial charge in [-0.2, -0.15) is 0 Å². The normalized spacial score (nSPS) is 13.8. The zero-order chi connectivity index (χ0) is 30.7. The number of rotatable bonds is 9. The lowest BCUT2D eigenvalue weighted by molar-refractivity contribution is -0.394. The minimum atomic E-state index is -0.803. The van der Waals surface area contributed by atoms with Crippen molar-refractivity contribution in [3.8, 4) is 17.2 Å². The summed E-state index contributed by atoms with van der Waals surface area (Å²) in [5, 5.41) is 24.6. The number of carbonyl (C=O) groups is 3. The number of aryl methyl sites for hydroxylation is 3. The Morgan fingerprint density at radius 2 is 1.62 bits per heavy atom. The molecule has 14 heteroatoms. The SMILES string of the molecule is COc1cc(/C=C2/SC(=O)N(CC(=O)Nc3c(C)cc(C)cc3C)C2=O)ccc1Oc1ccc([N+](=O)[O-])cc1[N+](=O)[O-]. The summed E-state index contributed by atoms with van der Waals surface area (Å²) in [6.45, 7) is 5.20. The van der Waals surface area contributed by atoms with Crippen LogP contribution in [0.2, 0.25) is 0 Å². The van der Waals surface area contributed by atoms with E-state index in [0.29, 0.717) is 23.0 Å². The number of nitro benzene ring substituents is 2. The third-order valence-electron chi connectivity index (χ3n) is 6.17. The maximum absolute atomic E-state index is 13.0. The Kier molecular flexibility index (Phi) is 8.57. The Hall–Kier alpha value is -5.24. The zero-order valence-electron chi connectivity index (χ0n) is 22.8. The molecular formula is C28H24N4O9S. The lowest BCUT2D eigenvalue weighted by Gasteiger charge is -2.16. The Balaban J connectivity index is 1.51. The van der Waals surface area contributed by atoms with Gasteiger partial charge in [0.25, 0.3) is 16.8 Å². The van der Waals surface area contributed by atoms with Crippen molar-refractivity contribution in [3.63, 3.8) is 0 Å². The van der Waals surface area contributed by atoms with Crippen molar-refractivity contribution in [1.29, 1.82) is 0 Å². The molecular weight excluding hydrogens is 568 g/mol. The van der Waals surface area contributed by atoms with Gasteiger partial charge < -0.3 is 14.8 Å². The van der Waals surface area contributed by atoms with Crippen molar-refractivity contribution in [1.82, 2.24) is 4.90 Å². The van der Waals surface area contributed by atoms with Gasteiger partial charge in [0.2, 0.25) is 11.7 Å². The molecule has 0 bridgehead atoms. The van der Waals surface area contributed by atoms with Crippen LogP contribution in [0.3, 0.4) is 0 Å². The van der Waals surface area contributed by atoms with Crippen LogP contribution >= 0.6 is 11.8 Å². The molecule has 42 heavy (non-hydrogen) atoms. The first kappa shape index (κ1) is 29.7. The van der Waals surface area contributed by atoms with Gasteiger partial charge in [0.15, 0.2) is 11.5 Å². The van der Waals surface area contributed by atoms with E-state index in [1.54, 1.807) is 0 Å². The number of nitro groups is 2. The molecule has 1 N–H and O–H groups in total. The van der Waals surface area contributed by atoms with Crippen molar-refractivity contribution < 1.29 is 33.7 Å². The van der Waals surface area contributed by atoms with Crippen LogP contribution in [0.15, 0.2) is 53.4 Å². The molecule has 3 aromatic rings. The van der Waals surface area contributed by atoms with Gasteiger partial charge in [0.05, 0.1) is 27.9 Å². The Morgan fingerprint density at radius 1 is 0.952 bits per heavy atom. The monoisotopic (exact) mass is 592 g/mol. The first-order chi connectivity index (χ1) is 19.9. The number of ether oxygens (including phenoxy) is 2. The van der Waals surface area contributed by atoms with E-state index in [4.69, 9.17) is 9.47 Å². The maximum atomic E-state index is 13.0. The number of hydrogen-bond acceptors (Lipinski definition) is 10. The second-order valence-electron chi connectivity index (χ2n) is 9.27. The number of carbonyl (C=O) groups excluding carboxylic acids is 3. The van der Waals surface area contributed by atoms with Gasteiger partial charge in [-0.1, -0.05) is 23.8 Å². The number of non-ortho nitro benzene ring substituents is 1. The first-order valence-corrected chi connectivity index (χ1v) is 13.1. The molecule has 1 aliphatic heterocycles. The minimum Gasteiger partial charge on any atom is -0.493 e. The molecule has 4 rings (SSSR count). The van der Waals surface area contributed by atoms with Crippen molar-refractivity contribution in [2.45, 2.75) is 20.8 Å². The van der Waals surface area contributed by atoms with Gasteiger partial charge >= 0.3 is 5.69 Å². The minimum absolute atomic E-state index is 0.0677. The molecule has 0 aromatic heterocycles. The van der Waals surface area contributed by atoms with E-state index >= 15 is 0 Å². The molecule has 1 saturated heterocycles. The van der Waals surface area contributed by atoms with Crippen molar-refractivity contribution in [2.24, 2.45) is 0 Å². The second-order valence-corrected chi connectivity index (χ2v) is 10.3. The van der Waals surface area contributed by atoms with Gasteiger partial charge in [-0.15, -0.1) is 0 Å². The van der Waals surface area contributed by atoms with Crippen LogP contribution in [0.1, 0.15) is 22.3 Å². The molecule has 0 saturated carbocycles. The van der Waals surface area contributed by atoms with Crippen LogP contribution < -0.4 is 14.8 Å². The predicted molar refractivity (Wildman–Crippen MR) is 155 cm³/mol. The molecule has 0 spiro atoms. The smallest absolute Gasteiger partial charge is 0.318 e. The lowest BCUT2D eigenvalue weighted by Crippen LogP contribution is -2.36. The summed E-state index contributed by atoms with van der Waals surface area (Å²) < 4.78 is 11.0. The topological polar surface area (TPSA) is 171 Å². The molecule has 0 unspecified atom stereocenters. The van der Waals surface area contributed by atoms with E-state index in [1.165, 1.54) is 31.4 Å². The van der Waals surface area contributed by atoms with Gasteiger partial charge in [-0.25, -0.2) is 0 Å². The average Bonchev–Trinajstić information content (AvgIpc) is 3.18. The molecule has 1 aliphatic rings. The van der Waals surface area contributed by atoms with E-state index in [1.807, 2.05) is 32.9 Å². The van der Waals surface area contributed by atoms with E-state index in [0.717, 1.165) is 39.8 Å². The van der Waals surface area contributed by atoms with E-state index in [9.17, 15) is 34.6 Å². The summed E-state index contributed by atoms with van der Waals surface area (Å²) in [7, 11) is 1.33. The summed E-state index contributed by atoms with van der Waals surface area (Å²) in [4.78, 5) is 60.1. The van der Waals surface area contributed by atoms with E-state index < -0.39 is 44.8 Å². The molecule has 0 radical (unpaired) electrons. The number of nitrogens with zero attached hydrogens (tertiary/aromatic N) is 3. The van der Waals surface area contributed by atoms with Crippen LogP contribution in [0.4, 0.5) is 21.9 Å². The number of amides is 3. The standard InChI is InChI=1S/C28H24N4O9S/c1-15-9-16(2)26(17(3)10-15)29-25(33)14-30-27(34)24(42-28(30)35)12-18-5-7-22(23(11-18)40-4)41-21-8-6-19(31(36)37)13-20(21)32(38)39/h5-13H,14H2,1-4H3,(H,29,33)/b24-12+. The molecule has 0 atom stereocenters. The number of thioether (sulfide) groups is 1. The maximum Gasteiger partial charge on any atom is 0.318 e. The van der Waals surface area contributed by atoms with Crippen LogP contribution in [0.25, 0.3) is 6.08 Å². The number of nitrogens with one attached hydrogen (secondary N) is 1. The molecule has 216 valence electrons. The fourth-order valence-corrected chi connectivity index (χ4v) is 5.15. The Morgan fingerprint density at radius 3 is 2.24 bits per heavy atom. The third-order valence-corrected chi connectivity index (χ3v) is 7.08. The molecule has 3 amide bonds. The van der Waals surface area contributed by atoms with E-state index in [-0.39, 0.29) is 22.2 Å². The highest BCUT2D eigenvalue weighted by molar-refractivity contribution is 8.18. The molecule has 0 aliphatic carbocycles. The molecule has 1 fully saturated rings. The first-order valence-electron chi connectivity index (χ1n) is 12.3. The number of anilines is 1. The van der Waals surface area contributed by atoms with Crippen LogP contribution in [0.5, 0.6) is 17.2 Å². The second kappa shape index (κ2) is 12.1. The van der Waals surface area contributed by atoms with Crippen molar-refractivity contribution in [3.05, 3.63) is 95.9 Å². The van der Waals surface area contributed by atoms with Gasteiger partial charge in [-0.3, -0.25) is 39.5 Å². The number of benzene rings is 3. The lowest BCUT2D eigenvalue weighted by atomic mass is 10.1. The van der Waals surface area contributed by atoms with E-state index in [2.05, 4.69) is 5.32 Å². The van der Waals surface area contributed by atoms with Crippen molar-refractivity contribution >= 4 is 52.0 Å². The highest BCUT2D eigenvalue weighted by Gasteiger charge is 2.36. The molecule has 3 aromatic carbocycles. The van der Waals surface area contributed by atoms with Gasteiger partial charge in [0.1, 0.15) is 6.54 Å². The summed E-state index contributed by atoms with van der Waals surface area (Å²) in [5.74, 6) is -1.20. The highest BCUT2D eigenvalue weighted by Crippen LogP contribution is 2.39. The Bertz CT molecular complexity index is 1660. The van der Waals surface area contributed by atoms with Gasteiger partial charge in [-0.05, 0) is 73.5 Å². The summed E-state index contributed by atoms with van der Waals surface area (Å²) in [6.07, 6.45) is 1.44. The van der Waals surface area contributed by atoms with Crippen LogP contribution in [-0.2, 0) is 9.59 Å². The molecule has 13 nitrogen and oxygen atoms in total. The Labute approximate surface area is 243 Å². The zero-order valence-corrected chi connectivity index (χ0v) is 23.6. The molecule has 1 heterocycles. The predicted octanol–water partition coefficient (Wildman–Crippen LogP) is 5.90. The number of methoxy groups -OCH3 is 1. The fraction of sp³-hybridized carbons (Fsp3) is 0.179. The third kappa shape index (κ3) is 6.39. The summed E-state index contributed by atoms with van der Waals surface area (Å²) in [6, 6.07) is 11.2. The van der Waals surface area contributed by atoms with Gasteiger partial charge in [0, 0.05) is 11.8 Å².